The summed E-state index contributed by atoms with van der Waals surface area (Å²) in [6.45, 7) is 5.81. The van der Waals surface area contributed by atoms with E-state index in [-0.39, 0.29) is 35.5 Å². The van der Waals surface area contributed by atoms with Gasteiger partial charge in [0.1, 0.15) is 0 Å². The average Bonchev–Trinajstić information content (AvgIpc) is 2.54. The number of rotatable bonds is 2. The van der Waals surface area contributed by atoms with Crippen molar-refractivity contribution < 1.29 is 9.59 Å². The molecular weight excluding hydrogens is 314 g/mol. The lowest BCUT2D eigenvalue weighted by atomic mass is 9.81. The molecule has 0 spiro atoms. The maximum Gasteiger partial charge on any atom is 0.322 e. The second-order valence-electron chi connectivity index (χ2n) is 8.33. The first-order chi connectivity index (χ1) is 11.8. The molecule has 2 N–H and O–H groups in total. The van der Waals surface area contributed by atoms with Crippen LogP contribution in [0.5, 0.6) is 0 Å². The Labute approximate surface area is 150 Å². The van der Waals surface area contributed by atoms with Gasteiger partial charge in [-0.15, -0.1) is 0 Å². The molecule has 2 bridgehead atoms. The molecular formula is C20H29N3O2. The lowest BCUT2D eigenvalue weighted by Crippen LogP contribution is -2.60. The normalized spacial score (nSPS) is 26.0. The molecule has 136 valence electrons. The van der Waals surface area contributed by atoms with Gasteiger partial charge < -0.3 is 15.5 Å². The molecule has 2 atom stereocenters. The summed E-state index contributed by atoms with van der Waals surface area (Å²) in [5, 5.41) is 6.22. The van der Waals surface area contributed by atoms with E-state index in [4.69, 9.17) is 0 Å². The number of hydrogen-bond donors (Lipinski definition) is 2. The molecule has 2 fully saturated rings. The maximum absolute atomic E-state index is 12.8. The van der Waals surface area contributed by atoms with E-state index in [1.165, 1.54) is 0 Å². The van der Waals surface area contributed by atoms with Gasteiger partial charge in [-0.3, -0.25) is 4.79 Å². The van der Waals surface area contributed by atoms with Crippen LogP contribution in [0, 0.1) is 5.41 Å². The third kappa shape index (κ3) is 4.14. The average molecular weight is 343 g/mol. The van der Waals surface area contributed by atoms with E-state index in [1.807, 2.05) is 56.0 Å². The standard InChI is InChI=1S/C20H29N3O2/c1-20(2,3)18(24)21-15-12-16-10-7-11-17(13-15)23(16)19(25)22-14-8-5-4-6-9-14/h4-6,8-9,15-17H,7,10-13H2,1-3H3,(H,21,24)(H,22,25)/t16-,17-/m0/s1. The van der Waals surface area contributed by atoms with Crippen LogP contribution in [-0.2, 0) is 4.79 Å². The van der Waals surface area contributed by atoms with E-state index in [1.54, 1.807) is 0 Å². The van der Waals surface area contributed by atoms with Gasteiger partial charge in [-0.05, 0) is 44.2 Å². The fourth-order valence-corrected chi connectivity index (χ4v) is 3.94. The van der Waals surface area contributed by atoms with Gasteiger partial charge in [0.15, 0.2) is 0 Å². The minimum Gasteiger partial charge on any atom is -0.353 e. The molecule has 2 saturated heterocycles. The van der Waals surface area contributed by atoms with Crippen molar-refractivity contribution in [3.8, 4) is 0 Å². The van der Waals surface area contributed by atoms with E-state index >= 15 is 0 Å². The molecule has 0 saturated carbocycles. The van der Waals surface area contributed by atoms with Gasteiger partial charge in [0.25, 0.3) is 0 Å². The molecule has 0 aliphatic carbocycles. The molecule has 5 nitrogen and oxygen atoms in total. The van der Waals surface area contributed by atoms with Gasteiger partial charge in [-0.25, -0.2) is 4.79 Å². The predicted octanol–water partition coefficient (Wildman–Crippen LogP) is 3.77. The van der Waals surface area contributed by atoms with E-state index in [2.05, 4.69) is 10.6 Å². The minimum absolute atomic E-state index is 0.0125. The summed E-state index contributed by atoms with van der Waals surface area (Å²) in [7, 11) is 0. The van der Waals surface area contributed by atoms with Crippen molar-refractivity contribution in [1.82, 2.24) is 10.2 Å². The lowest BCUT2D eigenvalue weighted by Gasteiger charge is -2.49. The number of urea groups is 1. The Morgan fingerprint density at radius 3 is 2.20 bits per heavy atom. The van der Waals surface area contributed by atoms with Crippen molar-refractivity contribution in [2.24, 2.45) is 5.41 Å². The Morgan fingerprint density at radius 2 is 1.64 bits per heavy atom. The van der Waals surface area contributed by atoms with Gasteiger partial charge in [-0.1, -0.05) is 39.0 Å². The molecule has 2 aliphatic rings. The van der Waals surface area contributed by atoms with Gasteiger partial charge in [0.2, 0.25) is 5.91 Å². The largest absolute Gasteiger partial charge is 0.353 e. The summed E-state index contributed by atoms with van der Waals surface area (Å²) in [4.78, 5) is 27.1. The molecule has 25 heavy (non-hydrogen) atoms. The minimum atomic E-state index is -0.378. The highest BCUT2D eigenvalue weighted by Gasteiger charge is 2.41. The number of hydrogen-bond acceptors (Lipinski definition) is 2. The highest BCUT2D eigenvalue weighted by atomic mass is 16.2. The van der Waals surface area contributed by atoms with Crippen molar-refractivity contribution in [3.63, 3.8) is 0 Å². The third-order valence-corrected chi connectivity index (χ3v) is 5.25. The zero-order valence-corrected chi connectivity index (χ0v) is 15.4. The molecule has 3 amide bonds. The number of carbonyl (C=O) groups is 2. The topological polar surface area (TPSA) is 61.4 Å². The third-order valence-electron chi connectivity index (χ3n) is 5.25. The quantitative estimate of drug-likeness (QED) is 0.859. The number of para-hydroxylation sites is 1. The SMILES string of the molecule is CC(C)(C)C(=O)NC1C[C@@H]2CCC[C@@H](C1)N2C(=O)Nc1ccccc1. The first-order valence-corrected chi connectivity index (χ1v) is 9.30. The highest BCUT2D eigenvalue weighted by molar-refractivity contribution is 5.90. The van der Waals surface area contributed by atoms with Crippen molar-refractivity contribution >= 4 is 17.6 Å². The van der Waals surface area contributed by atoms with Crippen LogP contribution < -0.4 is 10.6 Å². The van der Waals surface area contributed by atoms with Gasteiger partial charge in [-0.2, -0.15) is 0 Å². The summed E-state index contributed by atoms with van der Waals surface area (Å²) >= 11 is 0. The smallest absolute Gasteiger partial charge is 0.322 e. The monoisotopic (exact) mass is 343 g/mol. The summed E-state index contributed by atoms with van der Waals surface area (Å²) in [6, 6.07) is 10.2. The Hall–Kier alpha value is -2.04. The highest BCUT2D eigenvalue weighted by Crippen LogP contribution is 2.35. The maximum atomic E-state index is 12.8. The second-order valence-corrected chi connectivity index (χ2v) is 8.33. The number of nitrogens with zero attached hydrogens (tertiary/aromatic N) is 1. The number of carbonyl (C=O) groups excluding carboxylic acids is 2. The fraction of sp³-hybridized carbons (Fsp3) is 0.600. The molecule has 0 radical (unpaired) electrons. The van der Waals surface area contributed by atoms with E-state index in [9.17, 15) is 9.59 Å². The molecule has 0 unspecified atom stereocenters. The first-order valence-electron chi connectivity index (χ1n) is 9.30. The molecule has 1 aromatic rings. The molecule has 5 heteroatoms. The van der Waals surface area contributed by atoms with E-state index < -0.39 is 0 Å². The van der Waals surface area contributed by atoms with E-state index in [0.29, 0.717) is 0 Å². The molecule has 2 heterocycles. The lowest BCUT2D eigenvalue weighted by molar-refractivity contribution is -0.129. The number of nitrogens with one attached hydrogen (secondary N) is 2. The Balaban J connectivity index is 1.66. The second kappa shape index (κ2) is 7.06. The van der Waals surface area contributed by atoms with Crippen LogP contribution in [0.1, 0.15) is 52.9 Å². The Kier molecular flexibility index (Phi) is 5.02. The van der Waals surface area contributed by atoms with Gasteiger partial charge >= 0.3 is 6.03 Å². The van der Waals surface area contributed by atoms with Crippen LogP contribution in [0.2, 0.25) is 0 Å². The zero-order valence-electron chi connectivity index (χ0n) is 15.4. The number of benzene rings is 1. The summed E-state index contributed by atoms with van der Waals surface area (Å²) in [5.41, 5.74) is 0.449. The predicted molar refractivity (Wildman–Crippen MR) is 99.3 cm³/mol. The molecule has 3 rings (SSSR count). The van der Waals surface area contributed by atoms with Crippen LogP contribution in [0.25, 0.3) is 0 Å². The number of anilines is 1. The van der Waals surface area contributed by atoms with Crippen molar-refractivity contribution in [1.29, 1.82) is 0 Å². The van der Waals surface area contributed by atoms with Gasteiger partial charge in [0, 0.05) is 29.2 Å². The molecule has 2 aliphatic heterocycles. The van der Waals surface area contributed by atoms with Crippen molar-refractivity contribution in [2.45, 2.75) is 71.0 Å². The number of piperidine rings is 2. The van der Waals surface area contributed by atoms with Gasteiger partial charge in [0.05, 0.1) is 0 Å². The summed E-state index contributed by atoms with van der Waals surface area (Å²) in [6.07, 6.45) is 4.88. The summed E-state index contributed by atoms with van der Waals surface area (Å²) in [5.74, 6) is 0.0951. The van der Waals surface area contributed by atoms with Crippen molar-refractivity contribution in [3.05, 3.63) is 30.3 Å². The molecule has 1 aromatic carbocycles. The Bertz CT molecular complexity index is 610. The van der Waals surface area contributed by atoms with Crippen LogP contribution in [0.15, 0.2) is 30.3 Å². The van der Waals surface area contributed by atoms with Crippen LogP contribution >= 0.6 is 0 Å². The Morgan fingerprint density at radius 1 is 1.04 bits per heavy atom. The van der Waals surface area contributed by atoms with Crippen LogP contribution in [0.4, 0.5) is 10.5 Å². The van der Waals surface area contributed by atoms with E-state index in [0.717, 1.165) is 37.8 Å². The zero-order chi connectivity index (χ0) is 18.0. The number of amides is 3. The van der Waals surface area contributed by atoms with Crippen molar-refractivity contribution in [2.75, 3.05) is 5.32 Å². The first kappa shape index (κ1) is 17.8. The molecule has 0 aromatic heterocycles. The van der Waals surface area contributed by atoms with Crippen LogP contribution in [0.3, 0.4) is 0 Å². The number of fused-ring (bicyclic) bond motifs is 2. The van der Waals surface area contributed by atoms with Crippen LogP contribution in [-0.4, -0.2) is 35.0 Å². The summed E-state index contributed by atoms with van der Waals surface area (Å²) < 4.78 is 0. The fourth-order valence-electron chi connectivity index (χ4n) is 3.94.